The third-order valence-electron chi connectivity index (χ3n) is 1.51. The second-order valence-electron chi connectivity index (χ2n) is 2.16. The van der Waals surface area contributed by atoms with Gasteiger partial charge >= 0.3 is 0 Å². The molecule has 0 atom stereocenters. The lowest BCUT2D eigenvalue weighted by molar-refractivity contribution is 1.24. The molecule has 0 spiro atoms. The molecule has 0 saturated heterocycles. The van der Waals surface area contributed by atoms with Crippen LogP contribution < -0.4 is 0 Å². The predicted molar refractivity (Wildman–Crippen MR) is 48.2 cm³/mol. The number of hydrogen-bond donors (Lipinski definition) is 0. The molecule has 0 fully saturated rings. The molecule has 0 bridgehead atoms. The Kier molecular flexibility index (Phi) is 2.88. The van der Waals surface area contributed by atoms with E-state index in [0.717, 1.165) is 12.0 Å². The molecule has 0 aliphatic heterocycles. The molecule has 0 saturated carbocycles. The third kappa shape index (κ3) is 1.92. The van der Waals surface area contributed by atoms with Crippen molar-refractivity contribution in [3.8, 4) is 6.07 Å². The molecule has 1 aromatic rings. The lowest BCUT2D eigenvalue weighted by Gasteiger charge is -1.96. The fraction of sp³-hybridized carbons (Fsp3) is 0.222. The molecular weight excluding hydrogens is 154 g/mol. The van der Waals surface area contributed by atoms with Crippen LogP contribution >= 0.6 is 11.3 Å². The van der Waals surface area contributed by atoms with Gasteiger partial charge in [-0.05, 0) is 34.4 Å². The fourth-order valence-corrected chi connectivity index (χ4v) is 1.59. The molecule has 0 amide bonds. The first-order valence-electron chi connectivity index (χ1n) is 3.49. The molecule has 0 radical (unpaired) electrons. The van der Waals surface area contributed by atoms with Crippen LogP contribution in [0.25, 0.3) is 5.57 Å². The molecule has 1 rings (SSSR count). The van der Waals surface area contributed by atoms with Crippen molar-refractivity contribution in [2.75, 3.05) is 0 Å². The van der Waals surface area contributed by atoms with Crippen molar-refractivity contribution in [1.29, 1.82) is 5.26 Å². The van der Waals surface area contributed by atoms with Crippen LogP contribution in [0, 0.1) is 11.3 Å². The van der Waals surface area contributed by atoms with Gasteiger partial charge in [-0.2, -0.15) is 16.6 Å². The fourth-order valence-electron chi connectivity index (χ4n) is 0.915. The van der Waals surface area contributed by atoms with Crippen LogP contribution in [0.4, 0.5) is 0 Å². The summed E-state index contributed by atoms with van der Waals surface area (Å²) in [4.78, 5) is 0. The Morgan fingerprint density at radius 1 is 1.82 bits per heavy atom. The summed E-state index contributed by atoms with van der Waals surface area (Å²) in [5, 5.41) is 12.5. The smallest absolute Gasteiger partial charge is 0.0915 e. The standard InChI is InChI=1S/C9H9NS/c1-2-8(3-5-10)9-4-6-11-7-9/h3-4,6-7H,2H2,1H3/b8-3-. The van der Waals surface area contributed by atoms with Crippen molar-refractivity contribution in [2.45, 2.75) is 13.3 Å². The van der Waals surface area contributed by atoms with Crippen LogP contribution in [0.1, 0.15) is 18.9 Å². The first kappa shape index (κ1) is 8.03. The molecule has 0 unspecified atom stereocenters. The van der Waals surface area contributed by atoms with Gasteiger partial charge in [0, 0.05) is 6.08 Å². The largest absolute Gasteiger partial charge is 0.193 e. The lowest BCUT2D eigenvalue weighted by Crippen LogP contribution is -1.76. The number of nitriles is 1. The van der Waals surface area contributed by atoms with Gasteiger partial charge in [0.1, 0.15) is 0 Å². The average Bonchev–Trinajstić information content (AvgIpc) is 2.52. The number of allylic oxidation sites excluding steroid dienone is 2. The summed E-state index contributed by atoms with van der Waals surface area (Å²) >= 11 is 1.66. The van der Waals surface area contributed by atoms with Crippen LogP contribution in [0.2, 0.25) is 0 Å². The van der Waals surface area contributed by atoms with Crippen molar-refractivity contribution in [3.05, 3.63) is 28.5 Å². The molecule has 1 aromatic heterocycles. The number of thiophene rings is 1. The van der Waals surface area contributed by atoms with E-state index >= 15 is 0 Å². The summed E-state index contributed by atoms with van der Waals surface area (Å²) < 4.78 is 0. The molecule has 0 aliphatic carbocycles. The van der Waals surface area contributed by atoms with Crippen molar-refractivity contribution < 1.29 is 0 Å². The highest BCUT2D eigenvalue weighted by Crippen LogP contribution is 2.19. The SMILES string of the molecule is CC/C(=C/C#N)c1ccsc1. The Bertz CT molecular complexity index is 277. The topological polar surface area (TPSA) is 23.8 Å². The number of hydrogen-bond acceptors (Lipinski definition) is 2. The zero-order valence-electron chi connectivity index (χ0n) is 6.37. The minimum Gasteiger partial charge on any atom is -0.193 e. The van der Waals surface area contributed by atoms with E-state index in [9.17, 15) is 0 Å². The van der Waals surface area contributed by atoms with E-state index in [4.69, 9.17) is 5.26 Å². The maximum atomic E-state index is 8.44. The maximum absolute atomic E-state index is 8.44. The van der Waals surface area contributed by atoms with Crippen LogP contribution in [0.15, 0.2) is 22.9 Å². The molecular formula is C9H9NS. The highest BCUT2D eigenvalue weighted by Gasteiger charge is 1.97. The molecule has 1 nitrogen and oxygen atoms in total. The second-order valence-corrected chi connectivity index (χ2v) is 2.94. The van der Waals surface area contributed by atoms with Gasteiger partial charge in [-0.3, -0.25) is 0 Å². The van der Waals surface area contributed by atoms with Crippen LogP contribution in [0.3, 0.4) is 0 Å². The van der Waals surface area contributed by atoms with Gasteiger partial charge < -0.3 is 0 Å². The summed E-state index contributed by atoms with van der Waals surface area (Å²) in [6, 6.07) is 4.09. The van der Waals surface area contributed by atoms with E-state index in [0.29, 0.717) is 0 Å². The summed E-state index contributed by atoms with van der Waals surface area (Å²) in [6.45, 7) is 2.06. The lowest BCUT2D eigenvalue weighted by atomic mass is 10.1. The summed E-state index contributed by atoms with van der Waals surface area (Å²) in [6.07, 6.45) is 2.53. The second kappa shape index (κ2) is 3.95. The molecule has 56 valence electrons. The minimum absolute atomic E-state index is 0.921. The minimum atomic E-state index is 0.921. The van der Waals surface area contributed by atoms with Crippen LogP contribution in [0.5, 0.6) is 0 Å². The van der Waals surface area contributed by atoms with E-state index < -0.39 is 0 Å². The summed E-state index contributed by atoms with van der Waals surface area (Å²) in [5.41, 5.74) is 2.30. The Hall–Kier alpha value is -1.07. The Balaban J connectivity index is 2.91. The Labute approximate surface area is 70.6 Å². The van der Waals surface area contributed by atoms with E-state index in [-0.39, 0.29) is 0 Å². The van der Waals surface area contributed by atoms with Crippen molar-refractivity contribution in [1.82, 2.24) is 0 Å². The molecule has 2 heteroatoms. The Morgan fingerprint density at radius 3 is 3.09 bits per heavy atom. The molecule has 0 aliphatic rings. The Morgan fingerprint density at radius 2 is 2.64 bits per heavy atom. The first-order chi connectivity index (χ1) is 5.38. The summed E-state index contributed by atoms with van der Waals surface area (Å²) in [7, 11) is 0. The van der Waals surface area contributed by atoms with Crippen LogP contribution in [-0.4, -0.2) is 0 Å². The van der Waals surface area contributed by atoms with Gasteiger partial charge in [-0.25, -0.2) is 0 Å². The predicted octanol–water partition coefficient (Wildman–Crippen LogP) is 3.07. The normalized spacial score (nSPS) is 11.1. The van der Waals surface area contributed by atoms with Gasteiger partial charge in [0.2, 0.25) is 0 Å². The maximum Gasteiger partial charge on any atom is 0.0915 e. The first-order valence-corrected chi connectivity index (χ1v) is 4.44. The van der Waals surface area contributed by atoms with E-state index in [1.54, 1.807) is 17.4 Å². The van der Waals surface area contributed by atoms with Crippen molar-refractivity contribution >= 4 is 16.9 Å². The van der Waals surface area contributed by atoms with Gasteiger partial charge in [-0.1, -0.05) is 6.92 Å². The average molecular weight is 163 g/mol. The number of rotatable bonds is 2. The molecule has 0 aromatic carbocycles. The van der Waals surface area contributed by atoms with Crippen molar-refractivity contribution in [3.63, 3.8) is 0 Å². The van der Waals surface area contributed by atoms with E-state index in [1.165, 1.54) is 5.56 Å². The van der Waals surface area contributed by atoms with Crippen molar-refractivity contribution in [2.24, 2.45) is 0 Å². The van der Waals surface area contributed by atoms with E-state index in [1.807, 2.05) is 17.5 Å². The van der Waals surface area contributed by atoms with Gasteiger partial charge in [-0.15, -0.1) is 0 Å². The highest BCUT2D eigenvalue weighted by atomic mass is 32.1. The van der Waals surface area contributed by atoms with Gasteiger partial charge in [0.25, 0.3) is 0 Å². The molecule has 1 heterocycles. The zero-order valence-corrected chi connectivity index (χ0v) is 7.19. The van der Waals surface area contributed by atoms with Crippen LogP contribution in [-0.2, 0) is 0 Å². The molecule has 11 heavy (non-hydrogen) atoms. The zero-order chi connectivity index (χ0) is 8.10. The van der Waals surface area contributed by atoms with Gasteiger partial charge in [0.05, 0.1) is 6.07 Å². The quantitative estimate of drug-likeness (QED) is 0.615. The number of nitrogens with zero attached hydrogens (tertiary/aromatic N) is 1. The molecule has 0 N–H and O–H groups in total. The van der Waals surface area contributed by atoms with Gasteiger partial charge in [0.15, 0.2) is 0 Å². The monoisotopic (exact) mass is 163 g/mol. The van der Waals surface area contributed by atoms with E-state index in [2.05, 4.69) is 12.3 Å². The third-order valence-corrected chi connectivity index (χ3v) is 2.19. The summed E-state index contributed by atoms with van der Waals surface area (Å²) in [5.74, 6) is 0. The highest BCUT2D eigenvalue weighted by molar-refractivity contribution is 7.08.